The highest BCUT2D eigenvalue weighted by atomic mass is 32.2. The molecule has 4 aromatic rings. The van der Waals surface area contributed by atoms with Crippen LogP contribution in [0.3, 0.4) is 0 Å². The molecule has 2 aromatic carbocycles. The van der Waals surface area contributed by atoms with E-state index in [1.54, 1.807) is 26.0 Å². The third kappa shape index (κ3) is 4.57. The van der Waals surface area contributed by atoms with Gasteiger partial charge in [0.15, 0.2) is 5.76 Å². The van der Waals surface area contributed by atoms with Gasteiger partial charge < -0.3 is 9.26 Å². The summed E-state index contributed by atoms with van der Waals surface area (Å²) in [5.41, 5.74) is 2.33. The molecule has 0 aliphatic heterocycles. The van der Waals surface area contributed by atoms with Crippen LogP contribution in [0.4, 0.5) is 0 Å². The molecule has 2 aromatic heterocycles. The van der Waals surface area contributed by atoms with E-state index in [0.717, 1.165) is 5.56 Å². The lowest BCUT2D eigenvalue weighted by molar-refractivity contribution is 0.392. The van der Waals surface area contributed by atoms with E-state index in [9.17, 15) is 13.2 Å². The van der Waals surface area contributed by atoms with Crippen LogP contribution >= 0.6 is 0 Å². The van der Waals surface area contributed by atoms with Crippen LogP contribution in [-0.2, 0) is 16.6 Å². The Bertz CT molecular complexity index is 1440. The molecule has 2 heterocycles. The zero-order chi connectivity index (χ0) is 23.6. The van der Waals surface area contributed by atoms with E-state index in [0.29, 0.717) is 28.4 Å². The van der Waals surface area contributed by atoms with Gasteiger partial charge in [0.05, 0.1) is 12.8 Å². The average molecular weight is 467 g/mol. The van der Waals surface area contributed by atoms with E-state index in [-0.39, 0.29) is 22.7 Å². The van der Waals surface area contributed by atoms with Crippen LogP contribution in [0.5, 0.6) is 5.75 Å². The molecule has 10 heteroatoms. The standard InChI is InChI=1S/C23H22N4O5S/c1-15-23(16(2)32-26-15)27-22(28)12-10-19(25-27)18-9-11-20(31-3)21(13-18)33(29,30)24-14-17-7-5-4-6-8-17/h4-13,24H,14H2,1-3H3. The maximum Gasteiger partial charge on any atom is 0.271 e. The Morgan fingerprint density at radius 2 is 1.82 bits per heavy atom. The minimum Gasteiger partial charge on any atom is -0.495 e. The van der Waals surface area contributed by atoms with Crippen LogP contribution in [0.2, 0.25) is 0 Å². The highest BCUT2D eigenvalue weighted by Gasteiger charge is 2.21. The molecule has 0 aliphatic carbocycles. The fourth-order valence-electron chi connectivity index (χ4n) is 3.40. The van der Waals surface area contributed by atoms with Crippen molar-refractivity contribution in [1.82, 2.24) is 19.7 Å². The van der Waals surface area contributed by atoms with E-state index in [2.05, 4.69) is 15.0 Å². The van der Waals surface area contributed by atoms with Crippen molar-refractivity contribution in [3.05, 3.63) is 88.0 Å². The number of aromatic nitrogens is 3. The molecule has 0 aliphatic rings. The minimum absolute atomic E-state index is 0.0321. The molecule has 0 bridgehead atoms. The molecule has 170 valence electrons. The summed E-state index contributed by atoms with van der Waals surface area (Å²) in [4.78, 5) is 12.4. The first-order valence-electron chi connectivity index (χ1n) is 10.1. The highest BCUT2D eigenvalue weighted by Crippen LogP contribution is 2.29. The molecule has 0 radical (unpaired) electrons. The first-order chi connectivity index (χ1) is 15.8. The lowest BCUT2D eigenvalue weighted by atomic mass is 10.1. The van der Waals surface area contributed by atoms with Crippen molar-refractivity contribution < 1.29 is 17.7 Å². The number of aryl methyl sites for hydroxylation is 2. The molecule has 0 spiro atoms. The number of rotatable bonds is 7. The van der Waals surface area contributed by atoms with E-state index in [4.69, 9.17) is 9.26 Å². The van der Waals surface area contributed by atoms with Crippen LogP contribution in [0, 0.1) is 13.8 Å². The first-order valence-corrected chi connectivity index (χ1v) is 11.5. The molecule has 0 fully saturated rings. The van der Waals surface area contributed by atoms with Gasteiger partial charge in [0.2, 0.25) is 10.0 Å². The summed E-state index contributed by atoms with van der Waals surface area (Å²) in [6.45, 7) is 3.53. The number of sulfonamides is 1. The molecule has 33 heavy (non-hydrogen) atoms. The second kappa shape index (κ2) is 9.00. The molecule has 0 atom stereocenters. The number of benzene rings is 2. The SMILES string of the molecule is COc1ccc(-c2ccc(=O)n(-c3c(C)noc3C)n2)cc1S(=O)(=O)NCc1ccccc1. The Kier molecular flexibility index (Phi) is 6.12. The largest absolute Gasteiger partial charge is 0.495 e. The number of ether oxygens (including phenoxy) is 1. The maximum absolute atomic E-state index is 13.1. The monoisotopic (exact) mass is 466 g/mol. The van der Waals surface area contributed by atoms with Gasteiger partial charge in [0.1, 0.15) is 22.0 Å². The summed E-state index contributed by atoms with van der Waals surface area (Å²) in [5, 5.41) is 8.30. The van der Waals surface area contributed by atoms with Crippen molar-refractivity contribution in [2.75, 3.05) is 7.11 Å². The number of methoxy groups -OCH3 is 1. The Labute approximate surface area is 190 Å². The maximum atomic E-state index is 13.1. The van der Waals surface area contributed by atoms with E-state index in [1.165, 1.54) is 30.0 Å². The van der Waals surface area contributed by atoms with Gasteiger partial charge in [0, 0.05) is 18.2 Å². The average Bonchev–Trinajstić information content (AvgIpc) is 3.16. The van der Waals surface area contributed by atoms with Gasteiger partial charge in [-0.05, 0) is 43.7 Å². The number of hydrogen-bond acceptors (Lipinski definition) is 7. The summed E-state index contributed by atoms with van der Waals surface area (Å²) in [7, 11) is -2.50. The third-order valence-electron chi connectivity index (χ3n) is 5.07. The molecule has 1 N–H and O–H groups in total. The fourth-order valence-corrected chi connectivity index (χ4v) is 4.61. The topological polar surface area (TPSA) is 116 Å². The summed E-state index contributed by atoms with van der Waals surface area (Å²) in [6.07, 6.45) is 0. The smallest absolute Gasteiger partial charge is 0.271 e. The molecular weight excluding hydrogens is 444 g/mol. The van der Waals surface area contributed by atoms with Crippen LogP contribution in [0.1, 0.15) is 17.0 Å². The Hall–Kier alpha value is -3.76. The summed E-state index contributed by atoms with van der Waals surface area (Å²) >= 11 is 0. The fraction of sp³-hybridized carbons (Fsp3) is 0.174. The van der Waals surface area contributed by atoms with Crippen molar-refractivity contribution in [3.63, 3.8) is 0 Å². The minimum atomic E-state index is -3.90. The van der Waals surface area contributed by atoms with Crippen molar-refractivity contribution >= 4 is 10.0 Å². The lowest BCUT2D eigenvalue weighted by Gasteiger charge is -2.13. The molecular formula is C23H22N4O5S. The zero-order valence-corrected chi connectivity index (χ0v) is 19.1. The molecule has 0 saturated carbocycles. The second-order valence-corrected chi connectivity index (χ2v) is 9.05. The first kappa shape index (κ1) is 22.4. The van der Waals surface area contributed by atoms with Crippen LogP contribution in [0.15, 0.2) is 74.9 Å². The summed E-state index contributed by atoms with van der Waals surface area (Å²) < 4.78 is 40.4. The Morgan fingerprint density at radius 1 is 1.06 bits per heavy atom. The van der Waals surface area contributed by atoms with Crippen molar-refractivity contribution in [3.8, 4) is 22.7 Å². The van der Waals surface area contributed by atoms with Gasteiger partial charge in [-0.1, -0.05) is 35.5 Å². The summed E-state index contributed by atoms with van der Waals surface area (Å²) in [6, 6.07) is 16.8. The van der Waals surface area contributed by atoms with Gasteiger partial charge in [0.25, 0.3) is 5.56 Å². The number of nitrogens with one attached hydrogen (secondary N) is 1. The number of hydrogen-bond donors (Lipinski definition) is 1. The van der Waals surface area contributed by atoms with Gasteiger partial charge >= 0.3 is 0 Å². The van der Waals surface area contributed by atoms with E-state index >= 15 is 0 Å². The zero-order valence-electron chi connectivity index (χ0n) is 18.3. The molecule has 4 rings (SSSR count). The van der Waals surface area contributed by atoms with Crippen molar-refractivity contribution in [2.45, 2.75) is 25.3 Å². The van der Waals surface area contributed by atoms with Gasteiger partial charge in [-0.2, -0.15) is 9.78 Å². The quantitative estimate of drug-likeness (QED) is 0.445. The predicted molar refractivity (Wildman–Crippen MR) is 122 cm³/mol. The normalized spacial score (nSPS) is 11.5. The van der Waals surface area contributed by atoms with Crippen LogP contribution < -0.4 is 15.0 Å². The third-order valence-corrected chi connectivity index (χ3v) is 6.49. The van der Waals surface area contributed by atoms with Gasteiger partial charge in [-0.25, -0.2) is 13.1 Å². The van der Waals surface area contributed by atoms with E-state index < -0.39 is 10.0 Å². The van der Waals surface area contributed by atoms with Gasteiger partial charge in [-0.3, -0.25) is 4.79 Å². The lowest BCUT2D eigenvalue weighted by Crippen LogP contribution is -2.24. The predicted octanol–water partition coefficient (Wildman–Crippen LogP) is 2.99. The van der Waals surface area contributed by atoms with Crippen LogP contribution in [0.25, 0.3) is 16.9 Å². The van der Waals surface area contributed by atoms with E-state index in [1.807, 2.05) is 30.3 Å². The Morgan fingerprint density at radius 3 is 2.48 bits per heavy atom. The highest BCUT2D eigenvalue weighted by molar-refractivity contribution is 7.89. The Balaban J connectivity index is 1.74. The molecule has 9 nitrogen and oxygen atoms in total. The molecule has 0 saturated heterocycles. The van der Waals surface area contributed by atoms with Crippen LogP contribution in [-0.4, -0.2) is 30.5 Å². The molecule has 0 unspecified atom stereocenters. The molecule has 0 amide bonds. The van der Waals surface area contributed by atoms with Crippen molar-refractivity contribution in [1.29, 1.82) is 0 Å². The summed E-state index contributed by atoms with van der Waals surface area (Å²) in [5.74, 6) is 0.640. The number of nitrogens with zero attached hydrogens (tertiary/aromatic N) is 3. The van der Waals surface area contributed by atoms with Gasteiger partial charge in [-0.15, -0.1) is 0 Å². The van der Waals surface area contributed by atoms with Crippen molar-refractivity contribution in [2.24, 2.45) is 0 Å². The second-order valence-electron chi connectivity index (χ2n) is 7.32.